The van der Waals surface area contributed by atoms with Gasteiger partial charge in [-0.1, -0.05) is 26.0 Å². The Morgan fingerprint density at radius 1 is 1.33 bits per heavy atom. The summed E-state index contributed by atoms with van der Waals surface area (Å²) in [4.78, 5) is 0. The Balaban J connectivity index is 2.50. The zero-order valence-corrected chi connectivity index (χ0v) is 9.91. The molecule has 0 aliphatic heterocycles. The Labute approximate surface area is 90.9 Å². The molecule has 0 fully saturated rings. The average Bonchev–Trinajstić information content (AvgIpc) is 2.41. The number of fused-ring (bicyclic) bond motifs is 1. The van der Waals surface area contributed by atoms with Crippen LogP contribution in [0, 0.1) is 12.8 Å². The molecular weight excluding hydrogens is 184 g/mol. The highest BCUT2D eigenvalue weighted by molar-refractivity contribution is 5.82. The summed E-state index contributed by atoms with van der Waals surface area (Å²) in [6.45, 7) is 6.56. The molecule has 2 aromatic rings. The second-order valence-electron chi connectivity index (χ2n) is 4.66. The van der Waals surface area contributed by atoms with Crippen molar-refractivity contribution in [1.29, 1.82) is 0 Å². The Morgan fingerprint density at radius 2 is 2.07 bits per heavy atom. The van der Waals surface area contributed by atoms with E-state index in [2.05, 4.69) is 44.1 Å². The van der Waals surface area contributed by atoms with Gasteiger partial charge in [0.1, 0.15) is 0 Å². The Kier molecular flexibility index (Phi) is 2.51. The number of aryl methyl sites for hydroxylation is 2. The van der Waals surface area contributed by atoms with Gasteiger partial charge in [-0.3, -0.25) is 4.68 Å². The van der Waals surface area contributed by atoms with E-state index in [0.29, 0.717) is 5.92 Å². The molecule has 0 aliphatic rings. The monoisotopic (exact) mass is 202 g/mol. The van der Waals surface area contributed by atoms with Gasteiger partial charge in [0, 0.05) is 12.4 Å². The predicted octanol–water partition coefficient (Wildman–Crippen LogP) is 3.08. The molecule has 1 heterocycles. The molecule has 0 aliphatic carbocycles. The van der Waals surface area contributed by atoms with Crippen LogP contribution >= 0.6 is 0 Å². The van der Waals surface area contributed by atoms with Crippen molar-refractivity contribution in [3.63, 3.8) is 0 Å². The second kappa shape index (κ2) is 3.69. The van der Waals surface area contributed by atoms with Gasteiger partial charge in [-0.05, 0) is 30.9 Å². The second-order valence-corrected chi connectivity index (χ2v) is 4.66. The van der Waals surface area contributed by atoms with Gasteiger partial charge >= 0.3 is 0 Å². The van der Waals surface area contributed by atoms with E-state index in [1.54, 1.807) is 0 Å². The molecule has 2 nitrogen and oxygen atoms in total. The van der Waals surface area contributed by atoms with Gasteiger partial charge in [-0.25, -0.2) is 0 Å². The van der Waals surface area contributed by atoms with Crippen molar-refractivity contribution in [2.45, 2.75) is 27.2 Å². The van der Waals surface area contributed by atoms with Crippen LogP contribution in [-0.4, -0.2) is 9.78 Å². The molecule has 0 saturated carbocycles. The SMILES string of the molecule is Cc1nn(C)c2cc(CC(C)C)ccc12. The van der Waals surface area contributed by atoms with Gasteiger partial charge in [0.15, 0.2) is 0 Å². The molecule has 1 aromatic heterocycles. The largest absolute Gasteiger partial charge is 0.268 e. The van der Waals surface area contributed by atoms with Crippen molar-refractivity contribution in [3.05, 3.63) is 29.5 Å². The molecule has 2 rings (SSSR count). The molecule has 0 N–H and O–H groups in total. The quantitative estimate of drug-likeness (QED) is 0.731. The predicted molar refractivity (Wildman–Crippen MR) is 64.0 cm³/mol. The van der Waals surface area contributed by atoms with Crippen LogP contribution in [0.2, 0.25) is 0 Å². The Morgan fingerprint density at radius 3 is 2.73 bits per heavy atom. The van der Waals surface area contributed by atoms with E-state index in [0.717, 1.165) is 12.1 Å². The highest BCUT2D eigenvalue weighted by atomic mass is 15.3. The molecule has 0 atom stereocenters. The summed E-state index contributed by atoms with van der Waals surface area (Å²) in [5.41, 5.74) is 3.76. The number of aromatic nitrogens is 2. The van der Waals surface area contributed by atoms with Gasteiger partial charge in [-0.2, -0.15) is 5.10 Å². The number of benzene rings is 1. The summed E-state index contributed by atoms with van der Waals surface area (Å²) in [6, 6.07) is 6.67. The molecule has 0 amide bonds. The molecule has 0 unspecified atom stereocenters. The van der Waals surface area contributed by atoms with E-state index in [1.807, 2.05) is 11.7 Å². The van der Waals surface area contributed by atoms with Crippen LogP contribution in [0.15, 0.2) is 18.2 Å². The fourth-order valence-electron chi connectivity index (χ4n) is 2.08. The number of rotatable bonds is 2. The number of hydrogen-bond acceptors (Lipinski definition) is 1. The standard InChI is InChI=1S/C13H18N2/c1-9(2)7-11-5-6-12-10(3)14-15(4)13(12)8-11/h5-6,8-9H,7H2,1-4H3. The maximum Gasteiger partial charge on any atom is 0.0684 e. The molecule has 0 spiro atoms. The lowest BCUT2D eigenvalue weighted by atomic mass is 10.0. The Bertz CT molecular complexity index is 480. The van der Waals surface area contributed by atoms with E-state index < -0.39 is 0 Å². The zero-order valence-electron chi connectivity index (χ0n) is 9.91. The summed E-state index contributed by atoms with van der Waals surface area (Å²) < 4.78 is 1.97. The van der Waals surface area contributed by atoms with Crippen molar-refractivity contribution >= 4 is 10.9 Å². The van der Waals surface area contributed by atoms with Crippen LogP contribution in [0.3, 0.4) is 0 Å². The molecule has 80 valence electrons. The van der Waals surface area contributed by atoms with Gasteiger partial charge in [0.05, 0.1) is 11.2 Å². The van der Waals surface area contributed by atoms with Crippen molar-refractivity contribution in [2.24, 2.45) is 13.0 Å². The lowest BCUT2D eigenvalue weighted by Gasteiger charge is -2.05. The summed E-state index contributed by atoms with van der Waals surface area (Å²) in [7, 11) is 2.01. The molecular formula is C13H18N2. The lowest BCUT2D eigenvalue weighted by molar-refractivity contribution is 0.647. The van der Waals surface area contributed by atoms with E-state index in [-0.39, 0.29) is 0 Å². The minimum atomic E-state index is 0.705. The summed E-state index contributed by atoms with van der Waals surface area (Å²) in [5, 5.41) is 5.70. The van der Waals surface area contributed by atoms with Crippen molar-refractivity contribution < 1.29 is 0 Å². The van der Waals surface area contributed by atoms with E-state index in [4.69, 9.17) is 0 Å². The first-order valence-corrected chi connectivity index (χ1v) is 5.50. The maximum absolute atomic E-state index is 4.43. The topological polar surface area (TPSA) is 17.8 Å². The molecule has 0 radical (unpaired) electrons. The van der Waals surface area contributed by atoms with Crippen LogP contribution in [-0.2, 0) is 13.5 Å². The summed E-state index contributed by atoms with van der Waals surface area (Å²) >= 11 is 0. The van der Waals surface area contributed by atoms with Crippen LogP contribution in [0.1, 0.15) is 25.1 Å². The third kappa shape index (κ3) is 1.89. The van der Waals surface area contributed by atoms with Crippen LogP contribution in [0.25, 0.3) is 10.9 Å². The van der Waals surface area contributed by atoms with Gasteiger partial charge in [-0.15, -0.1) is 0 Å². The number of hydrogen-bond donors (Lipinski definition) is 0. The molecule has 15 heavy (non-hydrogen) atoms. The molecule has 2 heteroatoms. The normalized spacial score (nSPS) is 11.5. The maximum atomic E-state index is 4.43. The highest BCUT2D eigenvalue weighted by Crippen LogP contribution is 2.20. The molecule has 1 aromatic carbocycles. The van der Waals surface area contributed by atoms with E-state index >= 15 is 0 Å². The number of nitrogens with zero attached hydrogens (tertiary/aromatic N) is 2. The third-order valence-electron chi connectivity index (χ3n) is 2.74. The minimum absolute atomic E-state index is 0.705. The van der Waals surface area contributed by atoms with Gasteiger partial charge in [0.2, 0.25) is 0 Å². The summed E-state index contributed by atoms with van der Waals surface area (Å²) in [6.07, 6.45) is 1.14. The molecule has 0 bridgehead atoms. The lowest BCUT2D eigenvalue weighted by Crippen LogP contribution is -1.95. The first-order chi connectivity index (χ1) is 7.08. The van der Waals surface area contributed by atoms with Crippen LogP contribution < -0.4 is 0 Å². The first kappa shape index (κ1) is 10.2. The van der Waals surface area contributed by atoms with Crippen molar-refractivity contribution in [3.8, 4) is 0 Å². The average molecular weight is 202 g/mol. The van der Waals surface area contributed by atoms with Crippen LogP contribution in [0.4, 0.5) is 0 Å². The van der Waals surface area contributed by atoms with Gasteiger partial charge in [0.25, 0.3) is 0 Å². The van der Waals surface area contributed by atoms with Crippen molar-refractivity contribution in [2.75, 3.05) is 0 Å². The minimum Gasteiger partial charge on any atom is -0.268 e. The first-order valence-electron chi connectivity index (χ1n) is 5.50. The third-order valence-corrected chi connectivity index (χ3v) is 2.74. The van der Waals surface area contributed by atoms with Crippen molar-refractivity contribution in [1.82, 2.24) is 9.78 Å². The fourth-order valence-corrected chi connectivity index (χ4v) is 2.08. The van der Waals surface area contributed by atoms with Gasteiger partial charge < -0.3 is 0 Å². The van der Waals surface area contributed by atoms with E-state index in [9.17, 15) is 0 Å². The summed E-state index contributed by atoms with van der Waals surface area (Å²) in [5.74, 6) is 0.705. The Hall–Kier alpha value is -1.31. The zero-order chi connectivity index (χ0) is 11.0. The smallest absolute Gasteiger partial charge is 0.0684 e. The van der Waals surface area contributed by atoms with E-state index in [1.165, 1.54) is 16.5 Å². The molecule has 0 saturated heterocycles. The fraction of sp³-hybridized carbons (Fsp3) is 0.462. The highest BCUT2D eigenvalue weighted by Gasteiger charge is 2.06. The van der Waals surface area contributed by atoms with Crippen LogP contribution in [0.5, 0.6) is 0 Å².